The second-order valence-corrected chi connectivity index (χ2v) is 5.35. The van der Waals surface area contributed by atoms with Crippen molar-refractivity contribution in [1.29, 1.82) is 0 Å². The monoisotopic (exact) mass is 286 g/mol. The Hall–Kier alpha value is -0.770. The van der Waals surface area contributed by atoms with Crippen LogP contribution in [0, 0.1) is 5.92 Å². The van der Waals surface area contributed by atoms with Crippen molar-refractivity contribution in [2.24, 2.45) is 5.92 Å². The second kappa shape index (κ2) is 5.91. The molecule has 1 aliphatic rings. The molecule has 0 radical (unpaired) electrons. The van der Waals surface area contributed by atoms with Crippen molar-refractivity contribution < 1.29 is 4.79 Å². The van der Waals surface area contributed by atoms with Gasteiger partial charge in [0, 0.05) is 6.54 Å². The highest BCUT2D eigenvalue weighted by molar-refractivity contribution is 6.42. The number of rotatable bonds is 3. The summed E-state index contributed by atoms with van der Waals surface area (Å²) < 4.78 is 0. The van der Waals surface area contributed by atoms with Crippen LogP contribution in [0.1, 0.15) is 24.9 Å². The Bertz CT molecular complexity index is 445. The van der Waals surface area contributed by atoms with E-state index in [0.717, 1.165) is 25.1 Å². The molecule has 0 bridgehead atoms. The molecule has 2 atom stereocenters. The minimum atomic E-state index is -0.135. The summed E-state index contributed by atoms with van der Waals surface area (Å²) in [4.78, 5) is 12.0. The predicted octanol–water partition coefficient (Wildman–Crippen LogP) is 2.78. The molecule has 5 heteroatoms. The zero-order valence-electron chi connectivity index (χ0n) is 10.2. The molecule has 0 aromatic heterocycles. The summed E-state index contributed by atoms with van der Waals surface area (Å²) in [5, 5.41) is 7.19. The summed E-state index contributed by atoms with van der Waals surface area (Å²) >= 11 is 12.1. The van der Waals surface area contributed by atoms with E-state index in [2.05, 4.69) is 10.6 Å². The van der Waals surface area contributed by atoms with Gasteiger partial charge in [-0.2, -0.15) is 0 Å². The Kier molecular flexibility index (Phi) is 4.49. The Morgan fingerprint density at radius 2 is 2.28 bits per heavy atom. The van der Waals surface area contributed by atoms with E-state index in [1.165, 1.54) is 0 Å². The molecule has 3 nitrogen and oxygen atoms in total. The maximum Gasteiger partial charge on any atom is 0.224 e. The van der Waals surface area contributed by atoms with E-state index in [1.807, 2.05) is 19.1 Å². The van der Waals surface area contributed by atoms with Gasteiger partial charge in [0.2, 0.25) is 5.91 Å². The molecule has 2 rings (SSSR count). The summed E-state index contributed by atoms with van der Waals surface area (Å²) in [6, 6.07) is 5.32. The number of hydrogen-bond acceptors (Lipinski definition) is 2. The van der Waals surface area contributed by atoms with Gasteiger partial charge in [-0.1, -0.05) is 35.3 Å². The van der Waals surface area contributed by atoms with Gasteiger partial charge in [0.25, 0.3) is 0 Å². The van der Waals surface area contributed by atoms with Crippen LogP contribution in [-0.4, -0.2) is 19.0 Å². The Labute approximate surface area is 117 Å². The zero-order valence-corrected chi connectivity index (χ0v) is 11.7. The Balaban J connectivity index is 2.04. The molecule has 98 valence electrons. The number of carbonyl (C=O) groups excluding carboxylic acids is 1. The van der Waals surface area contributed by atoms with Crippen LogP contribution in [0.25, 0.3) is 0 Å². The van der Waals surface area contributed by atoms with Gasteiger partial charge in [-0.25, -0.2) is 0 Å². The van der Waals surface area contributed by atoms with Crippen LogP contribution in [0.3, 0.4) is 0 Å². The van der Waals surface area contributed by atoms with Crippen molar-refractivity contribution >= 4 is 29.1 Å². The number of amides is 1. The molecule has 1 aromatic carbocycles. The third-order valence-electron chi connectivity index (χ3n) is 3.24. The first kappa shape index (κ1) is 13.7. The molecule has 1 aromatic rings. The van der Waals surface area contributed by atoms with Gasteiger partial charge in [0.05, 0.1) is 22.0 Å². The van der Waals surface area contributed by atoms with Gasteiger partial charge < -0.3 is 10.6 Å². The summed E-state index contributed by atoms with van der Waals surface area (Å²) in [6.07, 6.45) is 0.891. The largest absolute Gasteiger partial charge is 0.349 e. The van der Waals surface area contributed by atoms with Gasteiger partial charge in [-0.05, 0) is 31.5 Å². The first-order chi connectivity index (χ1) is 8.59. The molecular formula is C13H16Cl2N2O. The Morgan fingerprint density at radius 1 is 1.50 bits per heavy atom. The van der Waals surface area contributed by atoms with Gasteiger partial charge in [0.15, 0.2) is 0 Å². The zero-order chi connectivity index (χ0) is 13.1. The van der Waals surface area contributed by atoms with E-state index < -0.39 is 0 Å². The first-order valence-electron chi connectivity index (χ1n) is 6.04. The highest BCUT2D eigenvalue weighted by Gasteiger charge is 2.24. The normalized spacial score (nSPS) is 20.7. The van der Waals surface area contributed by atoms with Gasteiger partial charge >= 0.3 is 0 Å². The van der Waals surface area contributed by atoms with Crippen molar-refractivity contribution in [1.82, 2.24) is 10.6 Å². The van der Waals surface area contributed by atoms with Crippen molar-refractivity contribution in [2.75, 3.05) is 13.1 Å². The fraction of sp³-hybridized carbons (Fsp3) is 0.462. The lowest BCUT2D eigenvalue weighted by Gasteiger charge is -2.18. The minimum absolute atomic E-state index is 0.0606. The SMILES string of the molecule is CC(NC(=O)C1CCNC1)c1cccc(Cl)c1Cl. The molecule has 0 aliphatic carbocycles. The van der Waals surface area contributed by atoms with Crippen LogP contribution >= 0.6 is 23.2 Å². The van der Waals surface area contributed by atoms with Gasteiger partial charge in [-0.15, -0.1) is 0 Å². The molecule has 1 heterocycles. The summed E-state index contributed by atoms with van der Waals surface area (Å²) in [5.41, 5.74) is 0.850. The second-order valence-electron chi connectivity index (χ2n) is 4.56. The average molecular weight is 287 g/mol. The molecule has 18 heavy (non-hydrogen) atoms. The highest BCUT2D eigenvalue weighted by Crippen LogP contribution is 2.29. The van der Waals surface area contributed by atoms with Crippen LogP contribution in [0.4, 0.5) is 0 Å². The van der Waals surface area contributed by atoms with Gasteiger partial charge in [-0.3, -0.25) is 4.79 Å². The van der Waals surface area contributed by atoms with Crippen molar-refractivity contribution in [2.45, 2.75) is 19.4 Å². The van der Waals surface area contributed by atoms with E-state index in [-0.39, 0.29) is 17.9 Å². The lowest BCUT2D eigenvalue weighted by molar-refractivity contribution is -0.125. The van der Waals surface area contributed by atoms with E-state index in [9.17, 15) is 4.79 Å². The quantitative estimate of drug-likeness (QED) is 0.897. The third kappa shape index (κ3) is 2.97. The number of benzene rings is 1. The lowest BCUT2D eigenvalue weighted by atomic mass is 10.1. The molecule has 0 spiro atoms. The van der Waals surface area contributed by atoms with Crippen LogP contribution in [0.15, 0.2) is 18.2 Å². The van der Waals surface area contributed by atoms with Crippen molar-refractivity contribution in [3.63, 3.8) is 0 Å². The number of nitrogens with one attached hydrogen (secondary N) is 2. The van der Waals surface area contributed by atoms with Crippen LogP contribution in [-0.2, 0) is 4.79 Å². The smallest absolute Gasteiger partial charge is 0.224 e. The highest BCUT2D eigenvalue weighted by atomic mass is 35.5. The molecule has 2 unspecified atom stereocenters. The fourth-order valence-electron chi connectivity index (χ4n) is 2.14. The molecule has 1 fully saturated rings. The van der Waals surface area contributed by atoms with Gasteiger partial charge in [0.1, 0.15) is 0 Å². The number of carbonyl (C=O) groups is 1. The van der Waals surface area contributed by atoms with E-state index in [4.69, 9.17) is 23.2 Å². The standard InChI is InChI=1S/C13H16Cl2N2O/c1-8(10-3-2-4-11(14)12(10)15)17-13(18)9-5-6-16-7-9/h2-4,8-9,16H,5-7H2,1H3,(H,17,18). The first-order valence-corrected chi connectivity index (χ1v) is 6.80. The maximum absolute atomic E-state index is 12.0. The minimum Gasteiger partial charge on any atom is -0.349 e. The van der Waals surface area contributed by atoms with E-state index in [1.54, 1.807) is 6.07 Å². The Morgan fingerprint density at radius 3 is 2.94 bits per heavy atom. The molecular weight excluding hydrogens is 271 g/mol. The summed E-state index contributed by atoms with van der Waals surface area (Å²) in [5.74, 6) is 0.133. The number of hydrogen-bond donors (Lipinski definition) is 2. The fourth-order valence-corrected chi connectivity index (χ4v) is 2.61. The predicted molar refractivity (Wildman–Crippen MR) is 74.0 cm³/mol. The topological polar surface area (TPSA) is 41.1 Å². The van der Waals surface area contributed by atoms with Crippen molar-refractivity contribution in [3.05, 3.63) is 33.8 Å². The average Bonchev–Trinajstić information content (AvgIpc) is 2.86. The van der Waals surface area contributed by atoms with Crippen LogP contribution in [0.2, 0.25) is 10.0 Å². The number of halogens is 2. The van der Waals surface area contributed by atoms with Crippen LogP contribution in [0.5, 0.6) is 0 Å². The van der Waals surface area contributed by atoms with E-state index in [0.29, 0.717) is 10.0 Å². The third-order valence-corrected chi connectivity index (χ3v) is 4.07. The summed E-state index contributed by atoms with van der Waals surface area (Å²) in [7, 11) is 0. The molecule has 1 aliphatic heterocycles. The molecule has 2 N–H and O–H groups in total. The van der Waals surface area contributed by atoms with E-state index >= 15 is 0 Å². The molecule has 1 saturated heterocycles. The molecule has 0 saturated carbocycles. The lowest BCUT2D eigenvalue weighted by Crippen LogP contribution is -2.33. The van der Waals surface area contributed by atoms with Crippen LogP contribution < -0.4 is 10.6 Å². The summed E-state index contributed by atoms with van der Waals surface area (Å²) in [6.45, 7) is 3.57. The maximum atomic E-state index is 12.0. The van der Waals surface area contributed by atoms with Crippen molar-refractivity contribution in [3.8, 4) is 0 Å². The molecule has 1 amide bonds.